The molecule has 0 saturated carbocycles. The lowest BCUT2D eigenvalue weighted by atomic mass is 10.4. The second kappa shape index (κ2) is 3.27. The maximum Gasteiger partial charge on any atom is 0.207 e. The predicted octanol–water partition coefficient (Wildman–Crippen LogP) is 1.90. The Balaban J connectivity index is 2.74. The number of nitrogens with zero attached hydrogens (tertiary/aromatic N) is 2. The Kier molecular flexibility index (Phi) is 2.59. The van der Waals surface area contributed by atoms with Crippen molar-refractivity contribution in [3.8, 4) is 0 Å². The molecular weight excluding hydrogens is 172 g/mol. The van der Waals surface area contributed by atoms with Gasteiger partial charge in [-0.25, -0.2) is 0 Å². The lowest BCUT2D eigenvalue weighted by molar-refractivity contribution is 0.118. The van der Waals surface area contributed by atoms with Crippen LogP contribution in [0.1, 0.15) is 18.0 Å². The van der Waals surface area contributed by atoms with Gasteiger partial charge in [-0.3, -0.25) is 0 Å². The van der Waals surface area contributed by atoms with E-state index in [1.54, 1.807) is 7.11 Å². The van der Waals surface area contributed by atoms with Crippen molar-refractivity contribution in [2.24, 2.45) is 0 Å². The zero-order valence-electron chi connectivity index (χ0n) is 5.67. The molecule has 0 aromatic carbocycles. The molecule has 0 amide bonds. The monoisotopic (exact) mass is 178 g/mol. The fourth-order valence-electron chi connectivity index (χ4n) is 0.481. The molecule has 5 heteroatoms. The average molecular weight is 179 g/mol. The number of aromatic nitrogens is 2. The molecule has 1 heterocycles. The fraction of sp³-hybridized carbons (Fsp3) is 0.600. The van der Waals surface area contributed by atoms with Crippen molar-refractivity contribution in [2.75, 3.05) is 7.11 Å². The highest BCUT2D eigenvalue weighted by Gasteiger charge is 2.08. The van der Waals surface area contributed by atoms with Crippen molar-refractivity contribution >= 4 is 22.9 Å². The standard InChI is InChI=1S/C5H7ClN2OS/c1-3(9-2)4-7-8-5(6)10-4/h3H,1-2H3. The van der Waals surface area contributed by atoms with Crippen LogP contribution in [0.2, 0.25) is 4.47 Å². The summed E-state index contributed by atoms with van der Waals surface area (Å²) in [7, 11) is 1.62. The van der Waals surface area contributed by atoms with E-state index < -0.39 is 0 Å². The molecule has 0 aliphatic rings. The van der Waals surface area contributed by atoms with Crippen molar-refractivity contribution in [1.82, 2.24) is 10.2 Å². The van der Waals surface area contributed by atoms with Crippen molar-refractivity contribution in [1.29, 1.82) is 0 Å². The Hall–Kier alpha value is -0.190. The minimum Gasteiger partial charge on any atom is -0.374 e. The summed E-state index contributed by atoms with van der Waals surface area (Å²) in [4.78, 5) is 0. The fourth-order valence-corrected chi connectivity index (χ4v) is 1.35. The van der Waals surface area contributed by atoms with E-state index in [2.05, 4.69) is 10.2 Å². The van der Waals surface area contributed by atoms with Crippen molar-refractivity contribution < 1.29 is 4.74 Å². The zero-order chi connectivity index (χ0) is 7.56. The van der Waals surface area contributed by atoms with Gasteiger partial charge in [0.05, 0.1) is 0 Å². The number of methoxy groups -OCH3 is 1. The van der Waals surface area contributed by atoms with Crippen molar-refractivity contribution in [3.05, 3.63) is 9.47 Å². The second-order valence-electron chi connectivity index (χ2n) is 1.77. The SMILES string of the molecule is COC(C)c1nnc(Cl)s1. The predicted molar refractivity (Wildman–Crippen MR) is 40.3 cm³/mol. The van der Waals surface area contributed by atoms with E-state index in [9.17, 15) is 0 Å². The highest BCUT2D eigenvalue weighted by atomic mass is 35.5. The molecular formula is C5H7ClN2OS. The van der Waals surface area contributed by atoms with E-state index in [0.29, 0.717) is 4.47 Å². The third kappa shape index (κ3) is 1.65. The molecule has 0 aliphatic carbocycles. The molecule has 1 aromatic rings. The molecule has 1 unspecified atom stereocenters. The minimum absolute atomic E-state index is 0.00926. The van der Waals surface area contributed by atoms with Crippen molar-refractivity contribution in [2.45, 2.75) is 13.0 Å². The summed E-state index contributed by atoms with van der Waals surface area (Å²) in [6.45, 7) is 1.90. The van der Waals surface area contributed by atoms with Crippen LogP contribution in [0.3, 0.4) is 0 Å². The van der Waals surface area contributed by atoms with Crippen LogP contribution in [0.5, 0.6) is 0 Å². The molecule has 0 fully saturated rings. The number of rotatable bonds is 2. The highest BCUT2D eigenvalue weighted by molar-refractivity contribution is 7.15. The second-order valence-corrected chi connectivity index (χ2v) is 3.36. The molecule has 0 saturated heterocycles. The first-order chi connectivity index (χ1) is 4.74. The van der Waals surface area contributed by atoms with E-state index in [4.69, 9.17) is 16.3 Å². The first-order valence-electron chi connectivity index (χ1n) is 2.75. The van der Waals surface area contributed by atoms with Gasteiger partial charge in [0, 0.05) is 7.11 Å². The van der Waals surface area contributed by atoms with Gasteiger partial charge >= 0.3 is 0 Å². The molecule has 10 heavy (non-hydrogen) atoms. The molecule has 0 bridgehead atoms. The maximum atomic E-state index is 5.55. The van der Waals surface area contributed by atoms with Gasteiger partial charge in [-0.1, -0.05) is 11.3 Å². The first-order valence-corrected chi connectivity index (χ1v) is 3.95. The maximum absolute atomic E-state index is 5.55. The van der Waals surface area contributed by atoms with Crippen LogP contribution >= 0.6 is 22.9 Å². The van der Waals surface area contributed by atoms with Gasteiger partial charge < -0.3 is 4.74 Å². The van der Waals surface area contributed by atoms with Gasteiger partial charge in [0.25, 0.3) is 0 Å². The van der Waals surface area contributed by atoms with E-state index >= 15 is 0 Å². The smallest absolute Gasteiger partial charge is 0.207 e. The van der Waals surface area contributed by atoms with Crippen molar-refractivity contribution in [3.63, 3.8) is 0 Å². The molecule has 0 radical (unpaired) electrons. The zero-order valence-corrected chi connectivity index (χ0v) is 7.24. The summed E-state index contributed by atoms with van der Waals surface area (Å²) in [5.74, 6) is 0. The number of hydrogen-bond donors (Lipinski definition) is 0. The quantitative estimate of drug-likeness (QED) is 0.694. The summed E-state index contributed by atoms with van der Waals surface area (Å²) in [5, 5.41) is 8.25. The van der Waals surface area contributed by atoms with Gasteiger partial charge in [-0.2, -0.15) is 0 Å². The molecule has 1 atom stereocenters. The van der Waals surface area contributed by atoms with Gasteiger partial charge in [-0.15, -0.1) is 10.2 Å². The van der Waals surface area contributed by atoms with Crippen LogP contribution in [0.15, 0.2) is 0 Å². The lowest BCUT2D eigenvalue weighted by Gasteiger charge is -2.01. The molecule has 1 rings (SSSR count). The Bertz CT molecular complexity index is 215. The van der Waals surface area contributed by atoms with Crippen LogP contribution < -0.4 is 0 Å². The number of halogens is 1. The van der Waals surface area contributed by atoms with Gasteiger partial charge in [0.15, 0.2) is 0 Å². The van der Waals surface area contributed by atoms with Crippen LogP contribution in [-0.4, -0.2) is 17.3 Å². The third-order valence-corrected chi connectivity index (χ3v) is 2.30. The Labute approximate surface area is 68.0 Å². The van der Waals surface area contributed by atoms with E-state index in [1.807, 2.05) is 6.92 Å². The summed E-state index contributed by atoms with van der Waals surface area (Å²) in [5.41, 5.74) is 0. The third-order valence-electron chi connectivity index (χ3n) is 1.12. The Morgan fingerprint density at radius 2 is 2.30 bits per heavy atom. The van der Waals surface area contributed by atoms with Crippen LogP contribution in [0, 0.1) is 0 Å². The molecule has 0 spiro atoms. The van der Waals surface area contributed by atoms with Gasteiger partial charge in [0.1, 0.15) is 11.1 Å². The number of ether oxygens (including phenoxy) is 1. The lowest BCUT2D eigenvalue weighted by Crippen LogP contribution is -1.93. The van der Waals surface area contributed by atoms with Gasteiger partial charge in [-0.05, 0) is 18.5 Å². The summed E-state index contributed by atoms with van der Waals surface area (Å²) >= 11 is 6.89. The Morgan fingerprint density at radius 3 is 2.70 bits per heavy atom. The van der Waals surface area contributed by atoms with Crippen LogP contribution in [0.4, 0.5) is 0 Å². The topological polar surface area (TPSA) is 35.0 Å². The summed E-state index contributed by atoms with van der Waals surface area (Å²) < 4.78 is 5.46. The summed E-state index contributed by atoms with van der Waals surface area (Å²) in [6.07, 6.45) is -0.00926. The van der Waals surface area contributed by atoms with E-state index in [-0.39, 0.29) is 6.10 Å². The van der Waals surface area contributed by atoms with Gasteiger partial charge in [0.2, 0.25) is 4.47 Å². The van der Waals surface area contributed by atoms with Crippen LogP contribution in [-0.2, 0) is 4.74 Å². The molecule has 3 nitrogen and oxygen atoms in total. The van der Waals surface area contributed by atoms with E-state index in [1.165, 1.54) is 11.3 Å². The first kappa shape index (κ1) is 7.91. The average Bonchev–Trinajstić information content (AvgIpc) is 2.34. The normalized spacial score (nSPS) is 13.5. The molecule has 1 aromatic heterocycles. The highest BCUT2D eigenvalue weighted by Crippen LogP contribution is 2.22. The minimum atomic E-state index is -0.00926. The molecule has 0 aliphatic heterocycles. The Morgan fingerprint density at radius 1 is 1.60 bits per heavy atom. The molecule has 0 N–H and O–H groups in total. The van der Waals surface area contributed by atoms with E-state index in [0.717, 1.165) is 5.01 Å². The summed E-state index contributed by atoms with van der Waals surface area (Å²) in [6, 6.07) is 0. The number of hydrogen-bond acceptors (Lipinski definition) is 4. The largest absolute Gasteiger partial charge is 0.374 e. The van der Waals surface area contributed by atoms with Crippen LogP contribution in [0.25, 0.3) is 0 Å². The molecule has 56 valence electrons.